The fourth-order valence-electron chi connectivity index (χ4n) is 3.02. The molecule has 0 saturated carbocycles. The van der Waals surface area contributed by atoms with Gasteiger partial charge < -0.3 is 14.1 Å². The highest BCUT2D eigenvalue weighted by atomic mass is 16.5. The molecule has 2 aromatic rings. The SMILES string of the molecule is Cc1occc1C(=O)OC[C@@H]1CCCN(C(=O)c2ccccc2)C1. The first-order valence-electron chi connectivity index (χ1n) is 8.20. The highest BCUT2D eigenvalue weighted by molar-refractivity contribution is 5.94. The Morgan fingerprint density at radius 2 is 2.04 bits per heavy atom. The molecule has 2 heterocycles. The van der Waals surface area contributed by atoms with Crippen LogP contribution in [-0.4, -0.2) is 36.5 Å². The molecule has 0 unspecified atom stereocenters. The fraction of sp³-hybridized carbons (Fsp3) is 0.368. The number of ether oxygens (including phenoxy) is 1. The van der Waals surface area contributed by atoms with Crippen LogP contribution in [0.3, 0.4) is 0 Å². The number of hydrogen-bond acceptors (Lipinski definition) is 4. The van der Waals surface area contributed by atoms with Crippen molar-refractivity contribution in [3.05, 3.63) is 59.5 Å². The van der Waals surface area contributed by atoms with E-state index < -0.39 is 0 Å². The Balaban J connectivity index is 1.55. The average Bonchev–Trinajstić information content (AvgIpc) is 3.06. The third kappa shape index (κ3) is 3.67. The van der Waals surface area contributed by atoms with Gasteiger partial charge >= 0.3 is 5.97 Å². The van der Waals surface area contributed by atoms with Gasteiger partial charge in [0.2, 0.25) is 0 Å². The monoisotopic (exact) mass is 327 g/mol. The number of amides is 1. The molecule has 1 fully saturated rings. The summed E-state index contributed by atoms with van der Waals surface area (Å²) >= 11 is 0. The molecule has 5 heteroatoms. The quantitative estimate of drug-likeness (QED) is 0.809. The Morgan fingerprint density at radius 1 is 1.25 bits per heavy atom. The van der Waals surface area contributed by atoms with Crippen LogP contribution < -0.4 is 0 Å². The van der Waals surface area contributed by atoms with Crippen molar-refractivity contribution in [3.8, 4) is 0 Å². The number of furan rings is 1. The predicted octanol–water partition coefficient (Wildman–Crippen LogP) is 3.30. The molecular formula is C19H21NO4. The molecule has 3 rings (SSSR count). The molecule has 0 spiro atoms. The number of rotatable bonds is 4. The Labute approximate surface area is 141 Å². The van der Waals surface area contributed by atoms with Gasteiger partial charge in [-0.05, 0) is 38.0 Å². The van der Waals surface area contributed by atoms with Crippen LogP contribution in [-0.2, 0) is 4.74 Å². The third-order valence-electron chi connectivity index (χ3n) is 4.36. The largest absolute Gasteiger partial charge is 0.469 e. The second kappa shape index (κ2) is 7.34. The number of carbonyl (C=O) groups is 2. The summed E-state index contributed by atoms with van der Waals surface area (Å²) in [4.78, 5) is 26.4. The Hall–Kier alpha value is -2.56. The van der Waals surface area contributed by atoms with E-state index in [0.717, 1.165) is 19.4 Å². The molecule has 1 saturated heterocycles. The Kier molecular flexibility index (Phi) is 4.99. The lowest BCUT2D eigenvalue weighted by Gasteiger charge is -2.32. The number of nitrogens with zero attached hydrogens (tertiary/aromatic N) is 1. The zero-order valence-corrected chi connectivity index (χ0v) is 13.7. The highest BCUT2D eigenvalue weighted by Gasteiger charge is 2.25. The number of piperidine rings is 1. The maximum atomic E-state index is 12.5. The zero-order valence-electron chi connectivity index (χ0n) is 13.7. The van der Waals surface area contributed by atoms with Crippen LogP contribution >= 0.6 is 0 Å². The number of likely N-dealkylation sites (tertiary alicyclic amines) is 1. The van der Waals surface area contributed by atoms with E-state index >= 15 is 0 Å². The molecule has 0 radical (unpaired) electrons. The van der Waals surface area contributed by atoms with Gasteiger partial charge in [-0.2, -0.15) is 0 Å². The maximum absolute atomic E-state index is 12.5. The van der Waals surface area contributed by atoms with Crippen molar-refractivity contribution < 1.29 is 18.7 Å². The van der Waals surface area contributed by atoms with Gasteiger partial charge in [-0.25, -0.2) is 4.79 Å². The van der Waals surface area contributed by atoms with Crippen LogP contribution in [0.4, 0.5) is 0 Å². The summed E-state index contributed by atoms with van der Waals surface area (Å²) in [6.45, 7) is 3.42. The Morgan fingerprint density at radius 3 is 2.75 bits per heavy atom. The lowest BCUT2D eigenvalue weighted by molar-refractivity contribution is 0.0341. The van der Waals surface area contributed by atoms with Crippen molar-refractivity contribution in [2.45, 2.75) is 19.8 Å². The summed E-state index contributed by atoms with van der Waals surface area (Å²) in [5.41, 5.74) is 1.16. The lowest BCUT2D eigenvalue weighted by atomic mass is 9.98. The first-order chi connectivity index (χ1) is 11.6. The molecule has 24 heavy (non-hydrogen) atoms. The second-order valence-corrected chi connectivity index (χ2v) is 6.11. The number of carbonyl (C=O) groups excluding carboxylic acids is 2. The van der Waals surface area contributed by atoms with E-state index in [1.165, 1.54) is 6.26 Å². The zero-order chi connectivity index (χ0) is 16.9. The molecule has 0 N–H and O–H groups in total. The van der Waals surface area contributed by atoms with Gasteiger partial charge in [-0.15, -0.1) is 0 Å². The van der Waals surface area contributed by atoms with Gasteiger partial charge in [0.1, 0.15) is 11.3 Å². The van der Waals surface area contributed by atoms with Crippen molar-refractivity contribution in [3.63, 3.8) is 0 Å². The fourth-order valence-corrected chi connectivity index (χ4v) is 3.02. The minimum Gasteiger partial charge on any atom is -0.469 e. The van der Waals surface area contributed by atoms with Crippen molar-refractivity contribution in [1.29, 1.82) is 0 Å². The first-order valence-corrected chi connectivity index (χ1v) is 8.20. The molecule has 1 aliphatic rings. The standard InChI is InChI=1S/C19H21NO4/c1-14-17(9-11-23-14)19(22)24-13-15-6-5-10-20(12-15)18(21)16-7-3-2-4-8-16/h2-4,7-9,11,15H,5-6,10,12-13H2,1H3/t15-/m1/s1. The van der Waals surface area contributed by atoms with Gasteiger partial charge in [0.05, 0.1) is 12.9 Å². The summed E-state index contributed by atoms with van der Waals surface area (Å²) in [5, 5.41) is 0. The molecule has 1 amide bonds. The molecule has 5 nitrogen and oxygen atoms in total. The van der Waals surface area contributed by atoms with E-state index in [1.54, 1.807) is 13.0 Å². The number of hydrogen-bond donors (Lipinski definition) is 0. The number of benzene rings is 1. The molecule has 1 aromatic carbocycles. The van der Waals surface area contributed by atoms with Gasteiger partial charge in [-0.1, -0.05) is 18.2 Å². The van der Waals surface area contributed by atoms with Gasteiger partial charge in [0, 0.05) is 24.6 Å². The molecule has 1 aliphatic heterocycles. The van der Waals surface area contributed by atoms with Crippen LogP contribution in [0.2, 0.25) is 0 Å². The minimum absolute atomic E-state index is 0.0392. The lowest BCUT2D eigenvalue weighted by Crippen LogP contribution is -2.41. The van der Waals surface area contributed by atoms with E-state index in [-0.39, 0.29) is 17.8 Å². The van der Waals surface area contributed by atoms with Crippen molar-refractivity contribution in [1.82, 2.24) is 4.90 Å². The predicted molar refractivity (Wildman–Crippen MR) is 88.8 cm³/mol. The highest BCUT2D eigenvalue weighted by Crippen LogP contribution is 2.20. The van der Waals surface area contributed by atoms with Crippen molar-refractivity contribution in [2.24, 2.45) is 5.92 Å². The minimum atomic E-state index is -0.368. The van der Waals surface area contributed by atoms with Crippen LogP contribution in [0.1, 0.15) is 39.3 Å². The maximum Gasteiger partial charge on any atom is 0.341 e. The molecule has 1 aromatic heterocycles. The molecule has 0 bridgehead atoms. The molecular weight excluding hydrogens is 306 g/mol. The smallest absolute Gasteiger partial charge is 0.341 e. The van der Waals surface area contributed by atoms with Crippen molar-refractivity contribution >= 4 is 11.9 Å². The average molecular weight is 327 g/mol. The first kappa shape index (κ1) is 16.3. The normalized spacial score (nSPS) is 17.5. The van der Waals surface area contributed by atoms with E-state index in [9.17, 15) is 9.59 Å². The summed E-state index contributed by atoms with van der Waals surface area (Å²) in [7, 11) is 0. The summed E-state index contributed by atoms with van der Waals surface area (Å²) < 4.78 is 10.5. The van der Waals surface area contributed by atoms with E-state index in [2.05, 4.69) is 0 Å². The summed E-state index contributed by atoms with van der Waals surface area (Å²) in [5.74, 6) is 0.400. The van der Waals surface area contributed by atoms with Gasteiger partial charge in [0.15, 0.2) is 0 Å². The summed E-state index contributed by atoms with van der Waals surface area (Å²) in [6, 6.07) is 10.9. The van der Waals surface area contributed by atoms with Crippen molar-refractivity contribution in [2.75, 3.05) is 19.7 Å². The van der Waals surface area contributed by atoms with E-state index in [0.29, 0.717) is 30.0 Å². The number of aryl methyl sites for hydroxylation is 1. The van der Waals surface area contributed by atoms with Crippen LogP contribution in [0.25, 0.3) is 0 Å². The van der Waals surface area contributed by atoms with E-state index in [4.69, 9.17) is 9.15 Å². The summed E-state index contributed by atoms with van der Waals surface area (Å²) in [6.07, 6.45) is 3.36. The third-order valence-corrected chi connectivity index (χ3v) is 4.36. The second-order valence-electron chi connectivity index (χ2n) is 6.11. The van der Waals surface area contributed by atoms with Crippen LogP contribution in [0.15, 0.2) is 47.1 Å². The van der Waals surface area contributed by atoms with Crippen LogP contribution in [0, 0.1) is 12.8 Å². The molecule has 0 aliphatic carbocycles. The molecule has 126 valence electrons. The van der Waals surface area contributed by atoms with Crippen LogP contribution in [0.5, 0.6) is 0 Å². The molecule has 1 atom stereocenters. The van der Waals surface area contributed by atoms with Gasteiger partial charge in [-0.3, -0.25) is 4.79 Å². The topological polar surface area (TPSA) is 59.8 Å². The van der Waals surface area contributed by atoms with E-state index in [1.807, 2.05) is 35.2 Å². The number of esters is 1. The Bertz CT molecular complexity index is 707. The van der Waals surface area contributed by atoms with Gasteiger partial charge in [0.25, 0.3) is 5.91 Å².